The van der Waals surface area contributed by atoms with Crippen molar-refractivity contribution in [3.05, 3.63) is 76.2 Å². The molecule has 0 N–H and O–H groups in total. The molecule has 156 valence electrons. The molecule has 0 spiro atoms. The lowest BCUT2D eigenvalue weighted by molar-refractivity contribution is -0.137. The SMILES string of the molecule is Cc1ccc(C2=C(N3CCOCC3)C(=O)N(CCc3ccc(F)cc3)C2=O)cc1C. The zero-order valence-corrected chi connectivity index (χ0v) is 17.3. The van der Waals surface area contributed by atoms with Gasteiger partial charge in [0.05, 0.1) is 18.8 Å². The van der Waals surface area contributed by atoms with Crippen molar-refractivity contribution in [3.8, 4) is 0 Å². The lowest BCUT2D eigenvalue weighted by Crippen LogP contribution is -2.40. The minimum Gasteiger partial charge on any atom is -0.378 e. The molecule has 2 heterocycles. The van der Waals surface area contributed by atoms with Gasteiger partial charge >= 0.3 is 0 Å². The van der Waals surface area contributed by atoms with Crippen LogP contribution >= 0.6 is 0 Å². The molecular formula is C24H25FN2O3. The van der Waals surface area contributed by atoms with Gasteiger partial charge in [-0.1, -0.05) is 30.3 Å². The molecule has 2 amide bonds. The molecule has 5 nitrogen and oxygen atoms in total. The lowest BCUT2D eigenvalue weighted by Gasteiger charge is -2.29. The second-order valence-corrected chi connectivity index (χ2v) is 7.76. The Morgan fingerprint density at radius 2 is 1.63 bits per heavy atom. The van der Waals surface area contributed by atoms with Crippen molar-refractivity contribution in [2.45, 2.75) is 20.3 Å². The molecule has 2 aromatic rings. The summed E-state index contributed by atoms with van der Waals surface area (Å²) in [5.41, 5.74) is 4.78. The molecule has 6 heteroatoms. The fraction of sp³-hybridized carbons (Fsp3) is 0.333. The predicted octanol–water partition coefficient (Wildman–Crippen LogP) is 3.10. The average molecular weight is 408 g/mol. The first kappa shape index (κ1) is 20.3. The Kier molecular flexibility index (Phi) is 5.68. The molecule has 4 rings (SSSR count). The second-order valence-electron chi connectivity index (χ2n) is 7.76. The van der Waals surface area contributed by atoms with E-state index in [1.54, 1.807) is 12.1 Å². The highest BCUT2D eigenvalue weighted by atomic mass is 19.1. The van der Waals surface area contributed by atoms with Gasteiger partial charge in [-0.3, -0.25) is 14.5 Å². The van der Waals surface area contributed by atoms with Crippen molar-refractivity contribution in [2.75, 3.05) is 32.8 Å². The highest BCUT2D eigenvalue weighted by molar-refractivity contribution is 6.35. The minimum atomic E-state index is -0.305. The molecule has 0 bridgehead atoms. The third-order valence-corrected chi connectivity index (χ3v) is 5.80. The molecule has 0 unspecified atom stereocenters. The number of aryl methyl sites for hydroxylation is 2. The summed E-state index contributed by atoms with van der Waals surface area (Å²) in [6.45, 7) is 6.49. The predicted molar refractivity (Wildman–Crippen MR) is 112 cm³/mol. The van der Waals surface area contributed by atoms with Crippen molar-refractivity contribution in [3.63, 3.8) is 0 Å². The zero-order valence-electron chi connectivity index (χ0n) is 17.3. The van der Waals surface area contributed by atoms with Crippen LogP contribution in [0.5, 0.6) is 0 Å². The Morgan fingerprint density at radius 1 is 0.933 bits per heavy atom. The largest absolute Gasteiger partial charge is 0.378 e. The number of imide groups is 1. The molecule has 1 fully saturated rings. The Bertz CT molecular complexity index is 1010. The molecule has 0 atom stereocenters. The summed E-state index contributed by atoms with van der Waals surface area (Å²) >= 11 is 0. The van der Waals surface area contributed by atoms with E-state index in [9.17, 15) is 14.0 Å². The summed E-state index contributed by atoms with van der Waals surface area (Å²) < 4.78 is 18.6. The van der Waals surface area contributed by atoms with Gasteiger partial charge in [-0.15, -0.1) is 0 Å². The number of hydrogen-bond acceptors (Lipinski definition) is 4. The first-order chi connectivity index (χ1) is 14.5. The van der Waals surface area contributed by atoms with Crippen molar-refractivity contribution < 1.29 is 18.7 Å². The van der Waals surface area contributed by atoms with Crippen molar-refractivity contribution in [1.29, 1.82) is 0 Å². The van der Waals surface area contributed by atoms with Gasteiger partial charge in [0.1, 0.15) is 11.5 Å². The van der Waals surface area contributed by atoms with Gasteiger partial charge in [-0.2, -0.15) is 0 Å². The molecule has 2 aromatic carbocycles. The minimum absolute atomic E-state index is 0.255. The Hall–Kier alpha value is -2.99. The third kappa shape index (κ3) is 3.87. The van der Waals surface area contributed by atoms with Crippen LogP contribution in [-0.2, 0) is 20.7 Å². The zero-order chi connectivity index (χ0) is 21.3. The van der Waals surface area contributed by atoms with Gasteiger partial charge in [0, 0.05) is 19.6 Å². The molecule has 0 radical (unpaired) electrons. The molecule has 0 saturated carbocycles. The van der Waals surface area contributed by atoms with Crippen LogP contribution in [-0.4, -0.2) is 54.5 Å². The Morgan fingerprint density at radius 3 is 2.30 bits per heavy atom. The number of hydrogen-bond donors (Lipinski definition) is 0. The highest BCUT2D eigenvalue weighted by Gasteiger charge is 2.41. The topological polar surface area (TPSA) is 49.9 Å². The third-order valence-electron chi connectivity index (χ3n) is 5.80. The number of carbonyl (C=O) groups is 2. The van der Waals surface area contributed by atoms with E-state index >= 15 is 0 Å². The van der Waals surface area contributed by atoms with E-state index in [0.717, 1.165) is 22.3 Å². The normalized spacial score (nSPS) is 17.3. The maximum absolute atomic E-state index is 13.4. The van der Waals surface area contributed by atoms with Gasteiger partial charge < -0.3 is 9.64 Å². The van der Waals surface area contributed by atoms with E-state index in [1.165, 1.54) is 17.0 Å². The second kappa shape index (κ2) is 8.40. The van der Waals surface area contributed by atoms with Crippen LogP contribution in [0.15, 0.2) is 48.2 Å². The van der Waals surface area contributed by atoms with Crippen LogP contribution in [0, 0.1) is 19.7 Å². The maximum atomic E-state index is 13.4. The smallest absolute Gasteiger partial charge is 0.277 e. The Labute approximate surface area is 175 Å². The van der Waals surface area contributed by atoms with E-state index in [1.807, 2.05) is 36.9 Å². The summed E-state index contributed by atoms with van der Waals surface area (Å²) in [6, 6.07) is 12.0. The first-order valence-corrected chi connectivity index (χ1v) is 10.2. The standard InChI is InChI=1S/C24H25FN2O3/c1-16-3-6-19(15-17(16)2)21-22(26-11-13-30-14-12-26)24(29)27(23(21)28)10-9-18-4-7-20(25)8-5-18/h3-8,15H,9-14H2,1-2H3. The maximum Gasteiger partial charge on any atom is 0.277 e. The summed E-state index contributed by atoms with van der Waals surface area (Å²) in [5.74, 6) is -0.843. The highest BCUT2D eigenvalue weighted by Crippen LogP contribution is 2.33. The molecule has 1 saturated heterocycles. The molecule has 2 aliphatic rings. The number of ether oxygens (including phenoxy) is 1. The number of halogens is 1. The van der Waals surface area contributed by atoms with Crippen LogP contribution in [0.2, 0.25) is 0 Å². The lowest BCUT2D eigenvalue weighted by atomic mass is 9.99. The summed E-state index contributed by atoms with van der Waals surface area (Å²) in [6.07, 6.45) is 0.481. The molecular weight excluding hydrogens is 383 g/mol. The van der Waals surface area contributed by atoms with Crippen LogP contribution in [0.1, 0.15) is 22.3 Å². The fourth-order valence-corrected chi connectivity index (χ4v) is 3.90. The van der Waals surface area contributed by atoms with E-state index < -0.39 is 0 Å². The first-order valence-electron chi connectivity index (χ1n) is 10.2. The quantitative estimate of drug-likeness (QED) is 0.714. The van der Waals surface area contributed by atoms with Gasteiger partial charge in [0.15, 0.2) is 0 Å². The number of benzene rings is 2. The number of carbonyl (C=O) groups excluding carboxylic acids is 2. The van der Waals surface area contributed by atoms with Gasteiger partial charge in [0.25, 0.3) is 11.8 Å². The van der Waals surface area contributed by atoms with Crippen LogP contribution in [0.3, 0.4) is 0 Å². The van der Waals surface area contributed by atoms with Crippen LogP contribution in [0.25, 0.3) is 5.57 Å². The monoisotopic (exact) mass is 408 g/mol. The van der Waals surface area contributed by atoms with Crippen LogP contribution in [0.4, 0.5) is 4.39 Å². The molecule has 0 aromatic heterocycles. The fourth-order valence-electron chi connectivity index (χ4n) is 3.90. The Balaban J connectivity index is 1.66. The average Bonchev–Trinajstić information content (AvgIpc) is 3.00. The number of nitrogens with zero attached hydrogens (tertiary/aromatic N) is 2. The van der Waals surface area contributed by atoms with E-state index in [-0.39, 0.29) is 24.2 Å². The summed E-state index contributed by atoms with van der Waals surface area (Å²) in [5, 5.41) is 0. The van der Waals surface area contributed by atoms with Crippen LogP contribution < -0.4 is 0 Å². The number of rotatable bonds is 5. The van der Waals surface area contributed by atoms with E-state index in [0.29, 0.717) is 44.0 Å². The van der Waals surface area contributed by atoms with Crippen molar-refractivity contribution >= 4 is 17.4 Å². The van der Waals surface area contributed by atoms with Gasteiger partial charge in [-0.25, -0.2) is 4.39 Å². The van der Waals surface area contributed by atoms with Crippen molar-refractivity contribution in [2.24, 2.45) is 0 Å². The summed E-state index contributed by atoms with van der Waals surface area (Å²) in [4.78, 5) is 30.0. The van der Waals surface area contributed by atoms with E-state index in [2.05, 4.69) is 0 Å². The summed E-state index contributed by atoms with van der Waals surface area (Å²) in [7, 11) is 0. The molecule has 30 heavy (non-hydrogen) atoms. The van der Waals surface area contributed by atoms with Gasteiger partial charge in [-0.05, 0) is 54.7 Å². The van der Waals surface area contributed by atoms with Crippen molar-refractivity contribution in [1.82, 2.24) is 9.80 Å². The number of amides is 2. The number of morpholine rings is 1. The van der Waals surface area contributed by atoms with E-state index in [4.69, 9.17) is 4.74 Å². The molecule has 2 aliphatic heterocycles. The van der Waals surface area contributed by atoms with Gasteiger partial charge in [0.2, 0.25) is 0 Å². The molecule has 0 aliphatic carbocycles.